The first-order chi connectivity index (χ1) is 12.6. The van der Waals surface area contributed by atoms with Gasteiger partial charge < -0.3 is 4.90 Å². The highest BCUT2D eigenvalue weighted by molar-refractivity contribution is 7.89. The van der Waals surface area contributed by atoms with Crippen LogP contribution in [0.1, 0.15) is 42.5 Å². The van der Waals surface area contributed by atoms with Crippen LogP contribution >= 0.6 is 0 Å². The molecule has 0 aromatic heterocycles. The highest BCUT2D eigenvalue weighted by atomic mass is 32.2. The maximum atomic E-state index is 13.1. The summed E-state index contributed by atoms with van der Waals surface area (Å²) in [5.41, 5.74) is 0.470. The Balaban J connectivity index is 1.49. The van der Waals surface area contributed by atoms with Crippen molar-refractivity contribution >= 4 is 15.9 Å². The first-order valence-electron chi connectivity index (χ1n) is 9.69. The van der Waals surface area contributed by atoms with Crippen molar-refractivity contribution in [3.8, 4) is 0 Å². The van der Waals surface area contributed by atoms with Crippen LogP contribution in [0, 0.1) is 0 Å². The Labute approximate surface area is 155 Å². The standard InChI is InChI=1S/C19H27N3O3S/c23-19(21-11-5-12-21)16-6-4-7-18(14-16)26(24,25)22-13-8-17(15-22)20-9-2-1-3-10-20/h4,6-7,14,17H,1-3,5,8-13,15H2. The van der Waals surface area contributed by atoms with Crippen LogP contribution in [-0.4, -0.2) is 73.7 Å². The Kier molecular flexibility index (Phi) is 5.03. The molecule has 7 heteroatoms. The summed E-state index contributed by atoms with van der Waals surface area (Å²) in [5.74, 6) is -0.0686. The number of rotatable bonds is 4. The number of hydrogen-bond donors (Lipinski definition) is 0. The van der Waals surface area contributed by atoms with Crippen molar-refractivity contribution in [2.24, 2.45) is 0 Å². The van der Waals surface area contributed by atoms with E-state index in [1.165, 1.54) is 19.3 Å². The molecule has 1 aromatic rings. The SMILES string of the molecule is O=C(c1cccc(S(=O)(=O)N2CCC(N3CCCCC3)C2)c1)N1CCC1. The van der Waals surface area contributed by atoms with E-state index >= 15 is 0 Å². The maximum Gasteiger partial charge on any atom is 0.253 e. The molecule has 0 bridgehead atoms. The Hall–Kier alpha value is -1.44. The van der Waals surface area contributed by atoms with Gasteiger partial charge in [-0.3, -0.25) is 9.69 Å². The van der Waals surface area contributed by atoms with E-state index in [0.29, 0.717) is 24.7 Å². The van der Waals surface area contributed by atoms with Gasteiger partial charge in [0, 0.05) is 37.8 Å². The molecule has 0 aliphatic carbocycles. The molecule has 0 N–H and O–H groups in total. The van der Waals surface area contributed by atoms with E-state index in [9.17, 15) is 13.2 Å². The number of benzene rings is 1. The van der Waals surface area contributed by atoms with Crippen LogP contribution in [0.5, 0.6) is 0 Å². The molecule has 1 atom stereocenters. The van der Waals surface area contributed by atoms with Crippen molar-refractivity contribution < 1.29 is 13.2 Å². The zero-order valence-electron chi connectivity index (χ0n) is 15.1. The highest BCUT2D eigenvalue weighted by Gasteiger charge is 2.36. The average Bonchev–Trinajstić information content (AvgIpc) is 3.12. The van der Waals surface area contributed by atoms with Gasteiger partial charge >= 0.3 is 0 Å². The second-order valence-corrected chi connectivity index (χ2v) is 9.51. The summed E-state index contributed by atoms with van der Waals surface area (Å²) in [6.07, 6.45) is 5.62. The molecule has 142 valence electrons. The molecule has 3 aliphatic rings. The number of likely N-dealkylation sites (tertiary alicyclic amines) is 2. The summed E-state index contributed by atoms with van der Waals surface area (Å²) < 4.78 is 27.7. The van der Waals surface area contributed by atoms with Gasteiger partial charge in [0.15, 0.2) is 0 Å². The molecule has 1 amide bonds. The van der Waals surface area contributed by atoms with Crippen LogP contribution in [0.15, 0.2) is 29.2 Å². The second kappa shape index (κ2) is 7.29. The monoisotopic (exact) mass is 377 g/mol. The highest BCUT2D eigenvalue weighted by Crippen LogP contribution is 2.26. The minimum atomic E-state index is -3.54. The second-order valence-electron chi connectivity index (χ2n) is 7.58. The predicted octanol–water partition coefficient (Wildman–Crippen LogP) is 1.78. The third kappa shape index (κ3) is 3.40. The smallest absolute Gasteiger partial charge is 0.253 e. The van der Waals surface area contributed by atoms with E-state index in [1.807, 2.05) is 0 Å². The molecule has 3 aliphatic heterocycles. The first-order valence-corrected chi connectivity index (χ1v) is 11.1. The van der Waals surface area contributed by atoms with Crippen LogP contribution in [0.25, 0.3) is 0 Å². The molecule has 1 unspecified atom stereocenters. The molecular formula is C19H27N3O3S. The van der Waals surface area contributed by atoms with Crippen molar-refractivity contribution in [3.63, 3.8) is 0 Å². The Morgan fingerprint density at radius 2 is 1.73 bits per heavy atom. The first kappa shape index (κ1) is 17.9. The average molecular weight is 378 g/mol. The lowest BCUT2D eigenvalue weighted by molar-refractivity contribution is 0.0651. The predicted molar refractivity (Wildman–Crippen MR) is 99.6 cm³/mol. The summed E-state index contributed by atoms with van der Waals surface area (Å²) in [5, 5.41) is 0. The minimum Gasteiger partial charge on any atom is -0.339 e. The minimum absolute atomic E-state index is 0.0686. The van der Waals surface area contributed by atoms with Gasteiger partial charge in [0.25, 0.3) is 5.91 Å². The molecule has 3 fully saturated rings. The fourth-order valence-electron chi connectivity index (χ4n) is 4.15. The van der Waals surface area contributed by atoms with E-state index in [2.05, 4.69) is 4.90 Å². The summed E-state index contributed by atoms with van der Waals surface area (Å²) >= 11 is 0. The van der Waals surface area contributed by atoms with Crippen molar-refractivity contribution in [2.45, 2.75) is 43.0 Å². The van der Waals surface area contributed by atoms with Gasteiger partial charge in [0.2, 0.25) is 10.0 Å². The molecular weight excluding hydrogens is 350 g/mol. The summed E-state index contributed by atoms with van der Waals surface area (Å²) in [6.45, 7) is 4.82. The zero-order chi connectivity index (χ0) is 18.1. The summed E-state index contributed by atoms with van der Waals surface area (Å²) in [7, 11) is -3.54. The molecule has 6 nitrogen and oxygen atoms in total. The van der Waals surface area contributed by atoms with Crippen LogP contribution in [-0.2, 0) is 10.0 Å². The summed E-state index contributed by atoms with van der Waals surface area (Å²) in [4.78, 5) is 16.8. The van der Waals surface area contributed by atoms with Crippen LogP contribution < -0.4 is 0 Å². The maximum absolute atomic E-state index is 13.1. The molecule has 3 saturated heterocycles. The third-order valence-corrected chi connectivity index (χ3v) is 7.76. The van der Waals surface area contributed by atoms with Gasteiger partial charge in [0.1, 0.15) is 0 Å². The Morgan fingerprint density at radius 3 is 2.42 bits per heavy atom. The van der Waals surface area contributed by atoms with Crippen molar-refractivity contribution in [1.82, 2.24) is 14.1 Å². The van der Waals surface area contributed by atoms with Gasteiger partial charge in [-0.15, -0.1) is 0 Å². The fraction of sp³-hybridized carbons (Fsp3) is 0.632. The fourth-order valence-corrected chi connectivity index (χ4v) is 5.69. The molecule has 0 saturated carbocycles. The van der Waals surface area contributed by atoms with Gasteiger partial charge in [-0.2, -0.15) is 4.31 Å². The lowest BCUT2D eigenvalue weighted by Gasteiger charge is -2.32. The van der Waals surface area contributed by atoms with Gasteiger partial charge in [-0.05, 0) is 57.0 Å². The number of carbonyl (C=O) groups is 1. The van der Waals surface area contributed by atoms with E-state index in [-0.39, 0.29) is 10.8 Å². The largest absolute Gasteiger partial charge is 0.339 e. The van der Waals surface area contributed by atoms with Crippen molar-refractivity contribution in [1.29, 1.82) is 0 Å². The van der Waals surface area contributed by atoms with Crippen LogP contribution in [0.2, 0.25) is 0 Å². The van der Waals surface area contributed by atoms with Gasteiger partial charge in [0.05, 0.1) is 4.90 Å². The number of sulfonamides is 1. The summed E-state index contributed by atoms with van der Waals surface area (Å²) in [6, 6.07) is 6.87. The Morgan fingerprint density at radius 1 is 0.962 bits per heavy atom. The van der Waals surface area contributed by atoms with E-state index < -0.39 is 10.0 Å². The van der Waals surface area contributed by atoms with Crippen molar-refractivity contribution in [2.75, 3.05) is 39.3 Å². The Bertz CT molecular complexity index is 770. The number of hydrogen-bond acceptors (Lipinski definition) is 4. The zero-order valence-corrected chi connectivity index (χ0v) is 16.0. The number of carbonyl (C=O) groups excluding carboxylic acids is 1. The quantitative estimate of drug-likeness (QED) is 0.803. The molecule has 26 heavy (non-hydrogen) atoms. The van der Waals surface area contributed by atoms with Gasteiger partial charge in [-0.1, -0.05) is 12.5 Å². The van der Waals surface area contributed by atoms with E-state index in [1.54, 1.807) is 33.5 Å². The number of amides is 1. The normalized spacial score (nSPS) is 25.2. The number of piperidine rings is 1. The third-order valence-electron chi connectivity index (χ3n) is 5.90. The van der Waals surface area contributed by atoms with E-state index in [4.69, 9.17) is 0 Å². The lowest BCUT2D eigenvalue weighted by Crippen LogP contribution is -2.42. The topological polar surface area (TPSA) is 60.9 Å². The van der Waals surface area contributed by atoms with Crippen LogP contribution in [0.4, 0.5) is 0 Å². The molecule has 0 spiro atoms. The molecule has 3 heterocycles. The van der Waals surface area contributed by atoms with Gasteiger partial charge in [-0.25, -0.2) is 8.42 Å². The van der Waals surface area contributed by atoms with E-state index in [0.717, 1.165) is 39.0 Å². The molecule has 0 radical (unpaired) electrons. The van der Waals surface area contributed by atoms with Crippen molar-refractivity contribution in [3.05, 3.63) is 29.8 Å². The van der Waals surface area contributed by atoms with Crippen LogP contribution in [0.3, 0.4) is 0 Å². The lowest BCUT2D eigenvalue weighted by atomic mass is 10.1. The molecule has 4 rings (SSSR count). The number of nitrogens with zero attached hydrogens (tertiary/aromatic N) is 3. The molecule has 1 aromatic carbocycles.